The number of phenolic OH excluding ortho intramolecular Hbond substituents is 1. The molecule has 0 aliphatic rings. The SMILES string of the molecule is COc1cc(C=C(C#N)C(=O)NC(C)c2ccccc2)c(Br)cc1O. The minimum Gasteiger partial charge on any atom is -0.504 e. The molecule has 0 spiro atoms. The summed E-state index contributed by atoms with van der Waals surface area (Å²) in [6.07, 6.45) is 1.44. The molecule has 0 saturated heterocycles. The van der Waals surface area contributed by atoms with Gasteiger partial charge < -0.3 is 15.2 Å². The van der Waals surface area contributed by atoms with Crippen molar-refractivity contribution >= 4 is 27.9 Å². The van der Waals surface area contributed by atoms with Gasteiger partial charge in [0.05, 0.1) is 13.2 Å². The van der Waals surface area contributed by atoms with Crippen LogP contribution in [0.2, 0.25) is 0 Å². The van der Waals surface area contributed by atoms with Crippen molar-refractivity contribution in [2.75, 3.05) is 7.11 Å². The first-order valence-corrected chi connectivity index (χ1v) is 8.29. The van der Waals surface area contributed by atoms with Crippen LogP contribution in [0.4, 0.5) is 0 Å². The van der Waals surface area contributed by atoms with Crippen molar-refractivity contribution in [2.45, 2.75) is 13.0 Å². The van der Waals surface area contributed by atoms with Crippen molar-refractivity contribution in [3.05, 3.63) is 63.6 Å². The summed E-state index contributed by atoms with van der Waals surface area (Å²) in [5.74, 6) is -0.255. The zero-order valence-electron chi connectivity index (χ0n) is 13.8. The van der Waals surface area contributed by atoms with Crippen LogP contribution in [0.25, 0.3) is 6.08 Å². The van der Waals surface area contributed by atoms with Crippen LogP contribution in [0.3, 0.4) is 0 Å². The zero-order chi connectivity index (χ0) is 18.4. The number of aromatic hydroxyl groups is 1. The first-order chi connectivity index (χ1) is 12.0. The molecule has 2 rings (SSSR count). The first-order valence-electron chi connectivity index (χ1n) is 7.50. The molecule has 2 aromatic carbocycles. The Morgan fingerprint density at radius 3 is 2.64 bits per heavy atom. The van der Waals surface area contributed by atoms with Gasteiger partial charge in [-0.2, -0.15) is 5.26 Å². The van der Waals surface area contributed by atoms with Crippen molar-refractivity contribution in [2.24, 2.45) is 0 Å². The molecule has 0 aliphatic heterocycles. The lowest BCUT2D eigenvalue weighted by molar-refractivity contribution is -0.117. The second-order valence-corrected chi connectivity index (χ2v) is 6.18. The highest BCUT2D eigenvalue weighted by atomic mass is 79.9. The molecule has 0 radical (unpaired) electrons. The number of nitriles is 1. The summed E-state index contributed by atoms with van der Waals surface area (Å²) in [5.41, 5.74) is 1.45. The van der Waals surface area contributed by atoms with E-state index in [0.717, 1.165) is 5.56 Å². The lowest BCUT2D eigenvalue weighted by Gasteiger charge is -2.14. The molecule has 0 bridgehead atoms. The van der Waals surface area contributed by atoms with Gasteiger partial charge in [0.1, 0.15) is 11.6 Å². The van der Waals surface area contributed by atoms with E-state index in [1.165, 1.54) is 19.3 Å². The Kier molecular flexibility index (Phi) is 6.20. The van der Waals surface area contributed by atoms with E-state index in [1.807, 2.05) is 43.3 Å². The van der Waals surface area contributed by atoms with Crippen LogP contribution in [0, 0.1) is 11.3 Å². The number of rotatable bonds is 5. The number of nitrogens with one attached hydrogen (secondary N) is 1. The lowest BCUT2D eigenvalue weighted by atomic mass is 10.1. The largest absolute Gasteiger partial charge is 0.504 e. The fraction of sp³-hybridized carbons (Fsp3) is 0.158. The van der Waals surface area contributed by atoms with Gasteiger partial charge in [-0.1, -0.05) is 46.3 Å². The summed E-state index contributed by atoms with van der Waals surface area (Å²) >= 11 is 3.30. The van der Waals surface area contributed by atoms with Crippen molar-refractivity contribution in [3.63, 3.8) is 0 Å². The standard InChI is InChI=1S/C19H17BrN2O3/c1-12(13-6-4-3-5-7-13)22-19(24)15(11-21)8-14-9-18(25-2)17(23)10-16(14)20/h3-10,12,23H,1-2H3,(H,22,24). The van der Waals surface area contributed by atoms with E-state index >= 15 is 0 Å². The van der Waals surface area contributed by atoms with Gasteiger partial charge in [-0.25, -0.2) is 0 Å². The van der Waals surface area contributed by atoms with Crippen LogP contribution in [-0.2, 0) is 4.79 Å². The molecular weight excluding hydrogens is 384 g/mol. The van der Waals surface area contributed by atoms with Crippen LogP contribution in [0.1, 0.15) is 24.1 Å². The molecule has 1 unspecified atom stereocenters. The second kappa shape index (κ2) is 8.36. The number of carbonyl (C=O) groups is 1. The maximum Gasteiger partial charge on any atom is 0.262 e. The number of hydrogen-bond acceptors (Lipinski definition) is 4. The maximum atomic E-state index is 12.4. The fourth-order valence-electron chi connectivity index (χ4n) is 2.24. The molecule has 0 fully saturated rings. The van der Waals surface area contributed by atoms with Crippen LogP contribution in [-0.4, -0.2) is 18.1 Å². The highest BCUT2D eigenvalue weighted by molar-refractivity contribution is 9.10. The molecule has 2 aromatic rings. The number of halogens is 1. The summed E-state index contributed by atoms with van der Waals surface area (Å²) in [7, 11) is 1.43. The molecule has 1 amide bonds. The van der Waals surface area contributed by atoms with Gasteiger partial charge in [0.25, 0.3) is 5.91 Å². The number of carbonyl (C=O) groups excluding carboxylic acids is 1. The average molecular weight is 401 g/mol. The van der Waals surface area contributed by atoms with Crippen molar-refractivity contribution in [1.82, 2.24) is 5.32 Å². The van der Waals surface area contributed by atoms with E-state index in [4.69, 9.17) is 4.74 Å². The Labute approximate surface area is 154 Å². The Morgan fingerprint density at radius 2 is 2.04 bits per heavy atom. The molecule has 0 aliphatic carbocycles. The van der Waals surface area contributed by atoms with Crippen molar-refractivity contribution in [3.8, 4) is 17.6 Å². The molecule has 0 aromatic heterocycles. The Morgan fingerprint density at radius 1 is 1.36 bits per heavy atom. The third-order valence-corrected chi connectivity index (χ3v) is 4.30. The maximum absolute atomic E-state index is 12.4. The summed E-state index contributed by atoms with van der Waals surface area (Å²) in [5, 5.41) is 21.9. The summed E-state index contributed by atoms with van der Waals surface area (Å²) < 4.78 is 5.60. The summed E-state index contributed by atoms with van der Waals surface area (Å²) in [6.45, 7) is 1.85. The third-order valence-electron chi connectivity index (χ3n) is 3.61. The molecule has 5 nitrogen and oxygen atoms in total. The van der Waals surface area contributed by atoms with E-state index in [2.05, 4.69) is 21.2 Å². The first kappa shape index (κ1) is 18.6. The van der Waals surface area contributed by atoms with E-state index < -0.39 is 5.91 Å². The molecule has 0 heterocycles. The van der Waals surface area contributed by atoms with E-state index in [0.29, 0.717) is 10.0 Å². The predicted octanol–water partition coefficient (Wildman–Crippen LogP) is 3.95. The quantitative estimate of drug-likeness (QED) is 0.587. The number of nitrogens with zero attached hydrogens (tertiary/aromatic N) is 1. The van der Waals surface area contributed by atoms with Crippen molar-refractivity contribution in [1.29, 1.82) is 5.26 Å². The fourth-order valence-corrected chi connectivity index (χ4v) is 2.68. The van der Waals surface area contributed by atoms with E-state index in [9.17, 15) is 15.2 Å². The number of methoxy groups -OCH3 is 1. The van der Waals surface area contributed by atoms with E-state index in [1.54, 1.807) is 6.07 Å². The Bertz CT molecular complexity index is 842. The number of phenols is 1. The smallest absolute Gasteiger partial charge is 0.262 e. The highest BCUT2D eigenvalue weighted by Gasteiger charge is 2.15. The number of amides is 1. The van der Waals surface area contributed by atoms with Gasteiger partial charge in [0.15, 0.2) is 11.5 Å². The predicted molar refractivity (Wildman–Crippen MR) is 98.9 cm³/mol. The van der Waals surface area contributed by atoms with Crippen LogP contribution in [0.5, 0.6) is 11.5 Å². The van der Waals surface area contributed by atoms with Gasteiger partial charge in [0, 0.05) is 4.47 Å². The zero-order valence-corrected chi connectivity index (χ0v) is 15.4. The summed E-state index contributed by atoms with van der Waals surface area (Å²) in [4.78, 5) is 12.4. The molecule has 128 valence electrons. The monoisotopic (exact) mass is 400 g/mol. The Balaban J connectivity index is 2.26. The van der Waals surface area contributed by atoms with Crippen LogP contribution in [0.15, 0.2) is 52.5 Å². The topological polar surface area (TPSA) is 82.3 Å². The minimum atomic E-state index is -0.474. The normalized spacial score (nSPS) is 12.2. The van der Waals surface area contributed by atoms with Gasteiger partial charge >= 0.3 is 0 Å². The van der Waals surface area contributed by atoms with Crippen LogP contribution < -0.4 is 10.1 Å². The molecule has 1 atom stereocenters. The van der Waals surface area contributed by atoms with E-state index in [-0.39, 0.29) is 23.1 Å². The van der Waals surface area contributed by atoms with Gasteiger partial charge in [0.2, 0.25) is 0 Å². The number of ether oxygens (including phenoxy) is 1. The molecule has 0 saturated carbocycles. The molecule has 25 heavy (non-hydrogen) atoms. The highest BCUT2D eigenvalue weighted by Crippen LogP contribution is 2.33. The van der Waals surface area contributed by atoms with Crippen LogP contribution >= 0.6 is 15.9 Å². The molecule has 6 heteroatoms. The second-order valence-electron chi connectivity index (χ2n) is 5.32. The van der Waals surface area contributed by atoms with Gasteiger partial charge in [-0.3, -0.25) is 4.79 Å². The minimum absolute atomic E-state index is 0.0350. The number of benzene rings is 2. The lowest BCUT2D eigenvalue weighted by Crippen LogP contribution is -2.27. The molecule has 2 N–H and O–H groups in total. The van der Waals surface area contributed by atoms with Gasteiger partial charge in [-0.15, -0.1) is 0 Å². The molecular formula is C19H17BrN2O3. The van der Waals surface area contributed by atoms with Gasteiger partial charge in [-0.05, 0) is 36.3 Å². The average Bonchev–Trinajstić information content (AvgIpc) is 2.61. The summed E-state index contributed by atoms with van der Waals surface area (Å²) in [6, 6.07) is 14.2. The van der Waals surface area contributed by atoms with Crippen molar-refractivity contribution < 1.29 is 14.6 Å². The third kappa shape index (κ3) is 4.61. The Hall–Kier alpha value is -2.78. The number of hydrogen-bond donors (Lipinski definition) is 2.